The third-order valence-corrected chi connectivity index (χ3v) is 6.18. The highest BCUT2D eigenvalue weighted by atomic mass is 15.2. The molecule has 8 nitrogen and oxygen atoms in total. The SMILES string of the molecule is C=C(CC(C)C)Nc1cncc(-c2ccc3[nH]nc(-c4nc(/C(=C\C=C/C)c5ccccn5)c(C)[nH]4)c3n2)c1. The molecule has 0 radical (unpaired) electrons. The number of pyridine rings is 3. The smallest absolute Gasteiger partial charge is 0.161 e. The molecule has 0 unspecified atom stereocenters. The Kier molecular flexibility index (Phi) is 7.45. The molecule has 0 aliphatic heterocycles. The van der Waals surface area contributed by atoms with E-state index in [0.29, 0.717) is 17.4 Å². The van der Waals surface area contributed by atoms with Crippen LogP contribution in [0.15, 0.2) is 85.5 Å². The van der Waals surface area contributed by atoms with E-state index >= 15 is 0 Å². The largest absolute Gasteiger partial charge is 0.358 e. The minimum absolute atomic E-state index is 0.522. The minimum Gasteiger partial charge on any atom is -0.358 e. The van der Waals surface area contributed by atoms with Crippen LogP contribution in [0.2, 0.25) is 0 Å². The van der Waals surface area contributed by atoms with Crippen LogP contribution < -0.4 is 5.32 Å². The number of nitrogens with one attached hydrogen (secondary N) is 3. The Labute approximate surface area is 228 Å². The minimum atomic E-state index is 0.522. The Morgan fingerprint density at radius 2 is 2.00 bits per heavy atom. The molecule has 0 amide bonds. The molecule has 0 saturated heterocycles. The monoisotopic (exact) mass is 516 g/mol. The van der Waals surface area contributed by atoms with Crippen molar-refractivity contribution in [3.63, 3.8) is 0 Å². The standard InChI is InChI=1S/C31H32N8/c1-6-7-10-24(26-11-8-9-14-33-26)28-21(5)35-31(37-28)30-29-27(38-39-30)13-12-25(36-29)22-16-23(18-32-17-22)34-20(4)15-19(2)3/h6-14,16-19,34H,4,15H2,1-3,5H3,(H,35,37)(H,38,39)/b7-6-,24-10-. The zero-order chi connectivity index (χ0) is 27.4. The van der Waals surface area contributed by atoms with Gasteiger partial charge in [0.2, 0.25) is 0 Å². The van der Waals surface area contributed by atoms with E-state index in [1.807, 2.05) is 74.7 Å². The third kappa shape index (κ3) is 5.70. The Morgan fingerprint density at radius 3 is 2.77 bits per heavy atom. The van der Waals surface area contributed by atoms with Crippen molar-refractivity contribution < 1.29 is 0 Å². The number of aryl methyl sites for hydroxylation is 1. The molecule has 0 bridgehead atoms. The van der Waals surface area contributed by atoms with Crippen molar-refractivity contribution in [2.45, 2.75) is 34.1 Å². The molecule has 0 fully saturated rings. The fourth-order valence-corrected chi connectivity index (χ4v) is 4.46. The van der Waals surface area contributed by atoms with E-state index in [1.165, 1.54) is 0 Å². The van der Waals surface area contributed by atoms with Crippen LogP contribution in [-0.2, 0) is 0 Å². The highest BCUT2D eigenvalue weighted by molar-refractivity contribution is 5.90. The number of nitrogens with zero attached hydrogens (tertiary/aromatic N) is 5. The van der Waals surface area contributed by atoms with E-state index < -0.39 is 0 Å². The molecule has 5 aromatic heterocycles. The fourth-order valence-electron chi connectivity index (χ4n) is 4.46. The maximum absolute atomic E-state index is 4.96. The zero-order valence-electron chi connectivity index (χ0n) is 22.7. The van der Waals surface area contributed by atoms with Crippen molar-refractivity contribution in [1.82, 2.24) is 35.1 Å². The summed E-state index contributed by atoms with van der Waals surface area (Å²) >= 11 is 0. The highest BCUT2D eigenvalue weighted by Crippen LogP contribution is 2.30. The second kappa shape index (κ2) is 11.3. The van der Waals surface area contributed by atoms with Gasteiger partial charge >= 0.3 is 0 Å². The number of imidazole rings is 1. The Morgan fingerprint density at radius 1 is 1.13 bits per heavy atom. The van der Waals surface area contributed by atoms with E-state index in [2.05, 4.69) is 50.9 Å². The number of aromatic amines is 2. The first kappa shape index (κ1) is 25.8. The number of hydrogen-bond acceptors (Lipinski definition) is 6. The van der Waals surface area contributed by atoms with Crippen molar-refractivity contribution in [1.29, 1.82) is 0 Å². The molecule has 0 spiro atoms. The first-order valence-electron chi connectivity index (χ1n) is 13.0. The third-order valence-electron chi connectivity index (χ3n) is 6.18. The summed E-state index contributed by atoms with van der Waals surface area (Å²) < 4.78 is 0. The molecule has 3 N–H and O–H groups in total. The second-order valence-corrected chi connectivity index (χ2v) is 9.83. The molecular formula is C31H32N8. The van der Waals surface area contributed by atoms with Crippen LogP contribution in [0.3, 0.4) is 0 Å². The van der Waals surface area contributed by atoms with Crippen LogP contribution in [0.25, 0.3) is 39.4 Å². The zero-order valence-corrected chi connectivity index (χ0v) is 22.7. The normalized spacial score (nSPS) is 12.1. The van der Waals surface area contributed by atoms with Crippen molar-refractivity contribution in [3.8, 4) is 22.8 Å². The van der Waals surface area contributed by atoms with E-state index in [1.54, 1.807) is 12.4 Å². The predicted octanol–water partition coefficient (Wildman–Crippen LogP) is 7.09. The first-order chi connectivity index (χ1) is 18.9. The van der Waals surface area contributed by atoms with Gasteiger partial charge in [0.05, 0.1) is 34.5 Å². The van der Waals surface area contributed by atoms with Gasteiger partial charge in [0, 0.05) is 34.9 Å². The molecule has 0 aromatic carbocycles. The lowest BCUT2D eigenvalue weighted by Crippen LogP contribution is -2.02. The summed E-state index contributed by atoms with van der Waals surface area (Å²) in [5, 5.41) is 11.0. The van der Waals surface area contributed by atoms with Crippen LogP contribution in [-0.4, -0.2) is 35.1 Å². The summed E-state index contributed by atoms with van der Waals surface area (Å²) in [6.07, 6.45) is 12.3. The van der Waals surface area contributed by atoms with Crippen LogP contribution in [0, 0.1) is 12.8 Å². The van der Waals surface area contributed by atoms with Gasteiger partial charge < -0.3 is 10.3 Å². The number of fused-ring (bicyclic) bond motifs is 1. The maximum atomic E-state index is 4.96. The number of rotatable bonds is 9. The van der Waals surface area contributed by atoms with Crippen LogP contribution in [0.1, 0.15) is 44.3 Å². The maximum Gasteiger partial charge on any atom is 0.161 e. The Bertz CT molecular complexity index is 1670. The van der Waals surface area contributed by atoms with Gasteiger partial charge in [-0.2, -0.15) is 5.10 Å². The lowest BCUT2D eigenvalue weighted by atomic mass is 10.1. The number of allylic oxidation sites excluding steroid dienone is 4. The van der Waals surface area contributed by atoms with Gasteiger partial charge in [-0.05, 0) is 56.5 Å². The van der Waals surface area contributed by atoms with E-state index in [0.717, 1.165) is 62.8 Å². The molecule has 8 heteroatoms. The van der Waals surface area contributed by atoms with Gasteiger partial charge in [-0.25, -0.2) is 9.97 Å². The number of hydrogen-bond donors (Lipinski definition) is 3. The van der Waals surface area contributed by atoms with E-state index in [4.69, 9.17) is 9.97 Å². The van der Waals surface area contributed by atoms with Crippen molar-refractivity contribution >= 4 is 22.3 Å². The predicted molar refractivity (Wildman–Crippen MR) is 158 cm³/mol. The Hall–Kier alpha value is -4.85. The average Bonchev–Trinajstić information content (AvgIpc) is 3.52. The molecular weight excluding hydrogens is 484 g/mol. The quantitative estimate of drug-likeness (QED) is 0.180. The molecule has 0 atom stereocenters. The summed E-state index contributed by atoms with van der Waals surface area (Å²) in [5.74, 6) is 1.16. The van der Waals surface area contributed by atoms with E-state index in [-0.39, 0.29) is 0 Å². The molecule has 5 rings (SSSR count). The summed E-state index contributed by atoms with van der Waals surface area (Å²) in [6, 6.07) is 11.8. The van der Waals surface area contributed by atoms with Gasteiger partial charge in [-0.1, -0.05) is 44.7 Å². The average molecular weight is 517 g/mol. The topological polar surface area (TPSA) is 108 Å². The molecule has 5 heterocycles. The molecule has 0 saturated carbocycles. The lowest BCUT2D eigenvalue weighted by Gasteiger charge is -2.12. The number of aromatic nitrogens is 7. The molecule has 196 valence electrons. The van der Waals surface area contributed by atoms with Gasteiger partial charge in [0.25, 0.3) is 0 Å². The highest BCUT2D eigenvalue weighted by Gasteiger charge is 2.19. The van der Waals surface area contributed by atoms with Crippen molar-refractivity contribution in [2.24, 2.45) is 5.92 Å². The molecule has 0 aliphatic rings. The summed E-state index contributed by atoms with van der Waals surface area (Å²) in [4.78, 5) is 22.3. The Balaban J connectivity index is 1.51. The van der Waals surface area contributed by atoms with Crippen LogP contribution in [0.4, 0.5) is 5.69 Å². The molecule has 39 heavy (non-hydrogen) atoms. The van der Waals surface area contributed by atoms with Crippen LogP contribution >= 0.6 is 0 Å². The second-order valence-electron chi connectivity index (χ2n) is 9.83. The van der Waals surface area contributed by atoms with Gasteiger partial charge in [-0.3, -0.25) is 15.1 Å². The first-order valence-corrected chi connectivity index (χ1v) is 13.0. The van der Waals surface area contributed by atoms with E-state index in [9.17, 15) is 0 Å². The molecule has 5 aromatic rings. The van der Waals surface area contributed by atoms with Gasteiger partial charge in [0.15, 0.2) is 11.5 Å². The number of anilines is 1. The molecule has 0 aliphatic carbocycles. The number of H-pyrrole nitrogens is 2. The lowest BCUT2D eigenvalue weighted by molar-refractivity contribution is 0.645. The summed E-state index contributed by atoms with van der Waals surface area (Å²) in [5.41, 5.74) is 9.25. The van der Waals surface area contributed by atoms with Gasteiger partial charge in [0.1, 0.15) is 5.52 Å². The summed E-state index contributed by atoms with van der Waals surface area (Å²) in [6.45, 7) is 12.5. The summed E-state index contributed by atoms with van der Waals surface area (Å²) in [7, 11) is 0. The van der Waals surface area contributed by atoms with Crippen molar-refractivity contribution in [2.75, 3.05) is 5.32 Å². The fraction of sp³-hybridized carbons (Fsp3) is 0.194. The van der Waals surface area contributed by atoms with Crippen LogP contribution in [0.5, 0.6) is 0 Å². The van der Waals surface area contributed by atoms with Crippen molar-refractivity contribution in [3.05, 3.63) is 103 Å². The van der Waals surface area contributed by atoms with Gasteiger partial charge in [-0.15, -0.1) is 0 Å².